The molecule has 0 unspecified atom stereocenters. The number of aliphatic hydroxyl groups is 1. The standard InChI is InChI=1S/C30H46O4/c1-18-9-12-28(24(31)32)14-13-26(5)20(23(28)19(18)2)7-8-22-27(26,6)11-10-21-25(3,4)30(33)16-15-29(21,22)17-34-30/h7,18-19,21-23,33H,8-17H2,1-6H3,(H,31,32)/t18-,19+,21+,22+,23+,26-,27-,28+,29-,30+/m1/s1. The van der Waals surface area contributed by atoms with Crippen molar-refractivity contribution in [2.75, 3.05) is 6.61 Å². The second-order valence-corrected chi connectivity index (χ2v) is 14.6. The molecule has 7 rings (SSSR count). The number of fused-ring (bicyclic) bond motifs is 7. The lowest BCUT2D eigenvalue weighted by molar-refractivity contribution is -0.395. The summed E-state index contributed by atoms with van der Waals surface area (Å²) in [6.45, 7) is 14.9. The summed E-state index contributed by atoms with van der Waals surface area (Å²) in [5.41, 5.74) is 1.00. The zero-order valence-electron chi connectivity index (χ0n) is 22.2. The van der Waals surface area contributed by atoms with Crippen molar-refractivity contribution in [3.05, 3.63) is 11.6 Å². The van der Waals surface area contributed by atoms with Crippen LogP contribution in [-0.2, 0) is 9.53 Å². The third-order valence-corrected chi connectivity index (χ3v) is 13.9. The maximum atomic E-state index is 12.8. The van der Waals surface area contributed by atoms with Crippen LogP contribution in [-0.4, -0.2) is 28.6 Å². The molecule has 6 fully saturated rings. The zero-order chi connectivity index (χ0) is 24.5. The van der Waals surface area contributed by atoms with Crippen LogP contribution in [0.25, 0.3) is 0 Å². The summed E-state index contributed by atoms with van der Waals surface area (Å²) in [6, 6.07) is 0. The van der Waals surface area contributed by atoms with Crippen LogP contribution in [0.15, 0.2) is 11.6 Å². The van der Waals surface area contributed by atoms with Gasteiger partial charge < -0.3 is 14.9 Å². The fourth-order valence-electron chi connectivity index (χ4n) is 11.3. The maximum Gasteiger partial charge on any atom is 0.310 e. The largest absolute Gasteiger partial charge is 0.481 e. The van der Waals surface area contributed by atoms with Crippen molar-refractivity contribution in [2.45, 2.75) is 105 Å². The average molecular weight is 471 g/mol. The van der Waals surface area contributed by atoms with E-state index in [9.17, 15) is 15.0 Å². The Morgan fingerprint density at radius 1 is 0.971 bits per heavy atom. The summed E-state index contributed by atoms with van der Waals surface area (Å²) >= 11 is 0. The minimum Gasteiger partial charge on any atom is -0.481 e. The van der Waals surface area contributed by atoms with Crippen LogP contribution in [0.2, 0.25) is 0 Å². The van der Waals surface area contributed by atoms with E-state index >= 15 is 0 Å². The van der Waals surface area contributed by atoms with Crippen LogP contribution < -0.4 is 0 Å². The van der Waals surface area contributed by atoms with Gasteiger partial charge in [-0.05, 0) is 91.8 Å². The van der Waals surface area contributed by atoms with Gasteiger partial charge in [-0.3, -0.25) is 4.79 Å². The van der Waals surface area contributed by atoms with Crippen molar-refractivity contribution in [1.82, 2.24) is 0 Å². The summed E-state index contributed by atoms with van der Waals surface area (Å²) in [4.78, 5) is 12.8. The molecule has 2 N–H and O–H groups in total. The van der Waals surface area contributed by atoms with Crippen molar-refractivity contribution in [2.24, 2.45) is 56.7 Å². The van der Waals surface area contributed by atoms with Crippen molar-refractivity contribution in [3.8, 4) is 0 Å². The molecule has 7 aliphatic rings. The Morgan fingerprint density at radius 2 is 1.71 bits per heavy atom. The van der Waals surface area contributed by atoms with Crippen molar-refractivity contribution in [3.63, 3.8) is 0 Å². The van der Waals surface area contributed by atoms with E-state index in [1.807, 2.05) is 0 Å². The molecule has 0 radical (unpaired) electrons. The molecule has 0 aromatic heterocycles. The van der Waals surface area contributed by atoms with E-state index in [2.05, 4.69) is 47.6 Å². The third kappa shape index (κ3) is 2.37. The van der Waals surface area contributed by atoms with Crippen molar-refractivity contribution < 1.29 is 19.7 Å². The number of rotatable bonds is 1. The van der Waals surface area contributed by atoms with Gasteiger partial charge >= 0.3 is 5.97 Å². The first kappa shape index (κ1) is 23.5. The van der Waals surface area contributed by atoms with Gasteiger partial charge in [-0.25, -0.2) is 0 Å². The molecule has 34 heavy (non-hydrogen) atoms. The van der Waals surface area contributed by atoms with Gasteiger partial charge in [-0.2, -0.15) is 0 Å². The van der Waals surface area contributed by atoms with Crippen LogP contribution >= 0.6 is 0 Å². The Labute approximate surface area is 205 Å². The molecule has 5 aliphatic carbocycles. The molecule has 190 valence electrons. The Kier molecular flexibility index (Phi) is 4.64. The summed E-state index contributed by atoms with van der Waals surface area (Å²) in [5, 5.41) is 21.9. The Bertz CT molecular complexity index is 941. The molecule has 2 aliphatic heterocycles. The van der Waals surface area contributed by atoms with Gasteiger partial charge in [0.1, 0.15) is 0 Å². The van der Waals surface area contributed by atoms with Gasteiger partial charge in [0.2, 0.25) is 0 Å². The van der Waals surface area contributed by atoms with Crippen LogP contribution in [0, 0.1) is 56.7 Å². The third-order valence-electron chi connectivity index (χ3n) is 13.9. The zero-order valence-corrected chi connectivity index (χ0v) is 22.2. The first-order valence-corrected chi connectivity index (χ1v) is 14.1. The summed E-state index contributed by atoms with van der Waals surface area (Å²) in [6.07, 6.45) is 11.4. The lowest BCUT2D eigenvalue weighted by Crippen LogP contribution is -2.73. The van der Waals surface area contributed by atoms with Gasteiger partial charge in [0.25, 0.3) is 0 Å². The smallest absolute Gasteiger partial charge is 0.310 e. The van der Waals surface area contributed by atoms with Crippen LogP contribution in [0.5, 0.6) is 0 Å². The van der Waals surface area contributed by atoms with Gasteiger partial charge in [-0.1, -0.05) is 53.2 Å². The molecule has 0 amide bonds. The first-order chi connectivity index (χ1) is 15.8. The first-order valence-electron chi connectivity index (χ1n) is 14.1. The second-order valence-electron chi connectivity index (χ2n) is 14.6. The van der Waals surface area contributed by atoms with E-state index in [1.165, 1.54) is 12.0 Å². The SMILES string of the molecule is C[C@H]1[C@H](C)CC[C@]2(C(=O)O)CC[C@]3(C)C(=CC[C@@H]4[C@]56CC[C@](O)(OC5)C(C)(C)[C@@H]6CC[C@]43C)[C@H]12. The highest BCUT2D eigenvalue weighted by atomic mass is 16.6. The summed E-state index contributed by atoms with van der Waals surface area (Å²) < 4.78 is 6.32. The molecule has 4 heteroatoms. The number of hydrogen-bond donors (Lipinski definition) is 2. The Balaban J connectivity index is 1.47. The molecule has 2 heterocycles. The van der Waals surface area contributed by atoms with E-state index in [-0.39, 0.29) is 27.6 Å². The van der Waals surface area contributed by atoms with E-state index in [4.69, 9.17) is 4.74 Å². The molecular weight excluding hydrogens is 424 g/mol. The van der Waals surface area contributed by atoms with Gasteiger partial charge in [0, 0.05) is 17.3 Å². The van der Waals surface area contributed by atoms with E-state index in [1.54, 1.807) is 0 Å². The molecular formula is C30H46O4. The predicted molar refractivity (Wildman–Crippen MR) is 132 cm³/mol. The number of carboxylic acid groups (broad SMARTS) is 1. The number of carbonyl (C=O) groups is 1. The van der Waals surface area contributed by atoms with Gasteiger partial charge in [-0.15, -0.1) is 0 Å². The minimum atomic E-state index is -0.980. The topological polar surface area (TPSA) is 66.8 Å². The fraction of sp³-hybridized carbons (Fsp3) is 0.900. The second kappa shape index (κ2) is 6.71. The number of aliphatic carboxylic acids is 1. The quantitative estimate of drug-likeness (QED) is 0.434. The van der Waals surface area contributed by atoms with Gasteiger partial charge in [0.05, 0.1) is 12.0 Å². The highest BCUT2D eigenvalue weighted by Gasteiger charge is 2.74. The summed E-state index contributed by atoms with van der Waals surface area (Å²) in [5.74, 6) is 0.631. The molecule has 10 atom stereocenters. The highest BCUT2D eigenvalue weighted by Crippen LogP contribution is 2.77. The van der Waals surface area contributed by atoms with Crippen LogP contribution in [0.4, 0.5) is 0 Å². The predicted octanol–water partition coefficient (Wildman–Crippen LogP) is 6.43. The number of carboxylic acids is 1. The molecule has 2 saturated heterocycles. The lowest BCUT2D eigenvalue weighted by Gasteiger charge is -2.74. The maximum absolute atomic E-state index is 12.8. The Hall–Kier alpha value is -0.870. The molecule has 4 saturated carbocycles. The highest BCUT2D eigenvalue weighted by molar-refractivity contribution is 5.76. The molecule has 0 aromatic carbocycles. The van der Waals surface area contributed by atoms with E-state index in [0.717, 1.165) is 51.4 Å². The normalized spacial score (nSPS) is 57.5. The number of allylic oxidation sites excluding steroid dienone is 2. The lowest BCUT2D eigenvalue weighted by atomic mass is 9.32. The summed E-state index contributed by atoms with van der Waals surface area (Å²) in [7, 11) is 0. The van der Waals surface area contributed by atoms with E-state index in [0.29, 0.717) is 30.3 Å². The van der Waals surface area contributed by atoms with Gasteiger partial charge in [0.15, 0.2) is 5.79 Å². The van der Waals surface area contributed by atoms with Crippen LogP contribution in [0.1, 0.15) is 99.3 Å². The number of hydrogen-bond acceptors (Lipinski definition) is 3. The van der Waals surface area contributed by atoms with Crippen molar-refractivity contribution >= 4 is 5.97 Å². The van der Waals surface area contributed by atoms with Crippen LogP contribution in [0.3, 0.4) is 0 Å². The Morgan fingerprint density at radius 3 is 2.35 bits per heavy atom. The van der Waals surface area contributed by atoms with Crippen molar-refractivity contribution in [1.29, 1.82) is 0 Å². The molecule has 0 aromatic rings. The minimum absolute atomic E-state index is 0.0416. The fourth-order valence-corrected chi connectivity index (χ4v) is 11.3. The molecule has 2 bridgehead atoms. The average Bonchev–Trinajstić information content (AvgIpc) is 2.77. The van der Waals surface area contributed by atoms with E-state index < -0.39 is 17.2 Å². The molecule has 1 spiro atoms. The molecule has 4 nitrogen and oxygen atoms in total. The number of ether oxygens (including phenoxy) is 1. The monoisotopic (exact) mass is 470 g/mol.